The molecule has 0 radical (unpaired) electrons. The van der Waals surface area contributed by atoms with Crippen molar-refractivity contribution >= 4 is 11.7 Å². The number of carbonyl (C=O) groups excluding carboxylic acids is 2. The van der Waals surface area contributed by atoms with Crippen LogP contribution >= 0.6 is 0 Å². The van der Waals surface area contributed by atoms with E-state index in [0.29, 0.717) is 35.7 Å². The van der Waals surface area contributed by atoms with Crippen LogP contribution in [0.15, 0.2) is 61.2 Å². The van der Waals surface area contributed by atoms with E-state index in [0.717, 1.165) is 30.4 Å². The van der Waals surface area contributed by atoms with Gasteiger partial charge in [0, 0.05) is 25.2 Å². The third-order valence-electron chi connectivity index (χ3n) is 6.34. The molecule has 178 valence electrons. The zero-order valence-corrected chi connectivity index (χ0v) is 19.8. The molecule has 9 nitrogen and oxygen atoms in total. The second-order valence-electron chi connectivity index (χ2n) is 8.90. The molecule has 0 aliphatic carbocycles. The number of pyridine rings is 1. The lowest BCUT2D eigenvalue weighted by Gasteiger charge is -2.36. The van der Waals surface area contributed by atoms with Crippen molar-refractivity contribution in [2.75, 3.05) is 6.54 Å². The Labute approximate surface area is 203 Å². The number of carbonyl (C=O) groups is 2. The summed E-state index contributed by atoms with van der Waals surface area (Å²) < 4.78 is 1.86. The SMILES string of the molecule is CC(=O)c1cccc(-c2cnn(C[C@@H]3CCCCN3C(=O)c3cc(C)ccc3-n3nccn3)c2)n1. The molecule has 1 amide bonds. The molecule has 1 aliphatic heterocycles. The van der Waals surface area contributed by atoms with E-state index >= 15 is 0 Å². The predicted octanol–water partition coefficient (Wildman–Crippen LogP) is 3.73. The zero-order valence-electron chi connectivity index (χ0n) is 19.8. The highest BCUT2D eigenvalue weighted by Gasteiger charge is 2.30. The Kier molecular flexibility index (Phi) is 6.22. The summed E-state index contributed by atoms with van der Waals surface area (Å²) in [4.78, 5) is 33.4. The van der Waals surface area contributed by atoms with E-state index in [1.54, 1.807) is 24.7 Å². The average molecular weight is 470 g/mol. The van der Waals surface area contributed by atoms with Gasteiger partial charge in [0.15, 0.2) is 5.78 Å². The Morgan fingerprint density at radius 2 is 1.89 bits per heavy atom. The number of rotatable bonds is 6. The Balaban J connectivity index is 1.39. The number of ketones is 1. The molecule has 1 atom stereocenters. The molecular formula is C26H27N7O2. The summed E-state index contributed by atoms with van der Waals surface area (Å²) in [7, 11) is 0. The molecular weight excluding hydrogens is 442 g/mol. The smallest absolute Gasteiger partial charge is 0.256 e. The molecule has 35 heavy (non-hydrogen) atoms. The number of hydrogen-bond donors (Lipinski definition) is 0. The van der Waals surface area contributed by atoms with Crippen molar-refractivity contribution in [2.45, 2.75) is 45.7 Å². The molecule has 5 rings (SSSR count). The Bertz CT molecular complexity index is 1360. The fraction of sp³-hybridized carbons (Fsp3) is 0.308. The summed E-state index contributed by atoms with van der Waals surface area (Å²) in [5, 5.41) is 13.0. The molecule has 0 N–H and O–H groups in total. The fourth-order valence-corrected chi connectivity index (χ4v) is 4.55. The highest BCUT2D eigenvalue weighted by atomic mass is 16.2. The number of aryl methyl sites for hydroxylation is 1. The highest BCUT2D eigenvalue weighted by molar-refractivity contribution is 5.98. The lowest BCUT2D eigenvalue weighted by atomic mass is 9.99. The van der Waals surface area contributed by atoms with Crippen LogP contribution in [0.1, 0.15) is 52.6 Å². The van der Waals surface area contributed by atoms with Crippen molar-refractivity contribution in [3.05, 3.63) is 78.0 Å². The number of aromatic nitrogens is 6. The Hall–Kier alpha value is -4.14. The van der Waals surface area contributed by atoms with Crippen LogP contribution in [0.2, 0.25) is 0 Å². The quantitative estimate of drug-likeness (QED) is 0.399. The van der Waals surface area contributed by atoms with Crippen LogP contribution in [0.5, 0.6) is 0 Å². The van der Waals surface area contributed by atoms with Gasteiger partial charge in [-0.05, 0) is 50.5 Å². The van der Waals surface area contributed by atoms with E-state index in [1.807, 2.05) is 53.0 Å². The fourth-order valence-electron chi connectivity index (χ4n) is 4.55. The standard InChI is InChI=1S/C26H27N7O2/c1-18-9-10-25(33-27-11-12-28-33)22(14-18)26(35)32-13-4-3-6-21(32)17-31-16-20(15-29-31)24-8-5-7-23(30-24)19(2)34/h5,7-12,14-16,21H,3-4,6,13,17H2,1-2H3/t21-/m0/s1. The third-order valence-corrected chi connectivity index (χ3v) is 6.34. The van der Waals surface area contributed by atoms with Gasteiger partial charge in [-0.1, -0.05) is 17.7 Å². The zero-order chi connectivity index (χ0) is 24.4. The predicted molar refractivity (Wildman–Crippen MR) is 130 cm³/mol. The lowest BCUT2D eigenvalue weighted by molar-refractivity contribution is 0.0583. The van der Waals surface area contributed by atoms with Gasteiger partial charge in [-0.15, -0.1) is 0 Å². The molecule has 3 aromatic heterocycles. The van der Waals surface area contributed by atoms with E-state index in [2.05, 4.69) is 20.3 Å². The van der Waals surface area contributed by atoms with Gasteiger partial charge in [0.25, 0.3) is 5.91 Å². The van der Waals surface area contributed by atoms with Crippen molar-refractivity contribution < 1.29 is 9.59 Å². The first kappa shape index (κ1) is 22.6. The minimum absolute atomic E-state index is 0.0134. The second-order valence-corrected chi connectivity index (χ2v) is 8.90. The van der Waals surface area contributed by atoms with Crippen molar-refractivity contribution in [2.24, 2.45) is 0 Å². The lowest BCUT2D eigenvalue weighted by Crippen LogP contribution is -2.46. The highest BCUT2D eigenvalue weighted by Crippen LogP contribution is 2.25. The van der Waals surface area contributed by atoms with Gasteiger partial charge in [-0.2, -0.15) is 20.1 Å². The van der Waals surface area contributed by atoms with Crippen LogP contribution in [0.4, 0.5) is 0 Å². The van der Waals surface area contributed by atoms with Crippen LogP contribution in [0.25, 0.3) is 16.9 Å². The molecule has 0 saturated carbocycles. The number of hydrogen-bond acceptors (Lipinski definition) is 6. The van der Waals surface area contributed by atoms with Gasteiger partial charge in [0.05, 0.1) is 48.1 Å². The molecule has 0 unspecified atom stereocenters. The maximum atomic E-state index is 13.8. The van der Waals surface area contributed by atoms with Crippen LogP contribution in [-0.2, 0) is 6.54 Å². The number of piperidine rings is 1. The van der Waals surface area contributed by atoms with E-state index in [1.165, 1.54) is 11.7 Å². The minimum atomic E-state index is -0.0727. The minimum Gasteiger partial charge on any atom is -0.334 e. The number of nitrogens with zero attached hydrogens (tertiary/aromatic N) is 7. The average Bonchev–Trinajstić information content (AvgIpc) is 3.57. The Morgan fingerprint density at radius 3 is 2.69 bits per heavy atom. The van der Waals surface area contributed by atoms with Crippen molar-refractivity contribution in [1.82, 2.24) is 34.7 Å². The maximum Gasteiger partial charge on any atom is 0.256 e. The van der Waals surface area contributed by atoms with Crippen molar-refractivity contribution in [3.8, 4) is 16.9 Å². The number of benzene rings is 1. The van der Waals surface area contributed by atoms with Crippen LogP contribution < -0.4 is 0 Å². The van der Waals surface area contributed by atoms with Crippen LogP contribution in [-0.4, -0.2) is 58.9 Å². The molecule has 1 aliphatic rings. The molecule has 1 saturated heterocycles. The van der Waals surface area contributed by atoms with Gasteiger partial charge in [0.1, 0.15) is 5.69 Å². The van der Waals surface area contributed by atoms with E-state index in [9.17, 15) is 9.59 Å². The summed E-state index contributed by atoms with van der Waals surface area (Å²) in [6, 6.07) is 11.2. The first-order chi connectivity index (χ1) is 17.0. The number of likely N-dealkylation sites (tertiary alicyclic amines) is 1. The molecule has 1 aromatic carbocycles. The van der Waals surface area contributed by atoms with Crippen LogP contribution in [0.3, 0.4) is 0 Å². The number of amides is 1. The van der Waals surface area contributed by atoms with Gasteiger partial charge in [-0.3, -0.25) is 14.3 Å². The summed E-state index contributed by atoms with van der Waals surface area (Å²) >= 11 is 0. The first-order valence-electron chi connectivity index (χ1n) is 11.8. The Morgan fingerprint density at radius 1 is 1.06 bits per heavy atom. The summed E-state index contributed by atoms with van der Waals surface area (Å²) in [5.74, 6) is -0.0923. The van der Waals surface area contributed by atoms with Crippen molar-refractivity contribution in [1.29, 1.82) is 0 Å². The largest absolute Gasteiger partial charge is 0.334 e. The topological polar surface area (TPSA) is 98.8 Å². The summed E-state index contributed by atoms with van der Waals surface area (Å²) in [5.41, 5.74) is 4.26. The van der Waals surface area contributed by atoms with Crippen LogP contribution in [0, 0.1) is 6.92 Å². The normalized spacial score (nSPS) is 15.8. The molecule has 0 bridgehead atoms. The molecule has 1 fully saturated rings. The third kappa shape index (κ3) is 4.75. The molecule has 4 aromatic rings. The second kappa shape index (κ2) is 9.61. The molecule has 4 heterocycles. The van der Waals surface area contributed by atoms with E-state index < -0.39 is 0 Å². The van der Waals surface area contributed by atoms with Gasteiger partial charge in [-0.25, -0.2) is 4.98 Å². The summed E-state index contributed by atoms with van der Waals surface area (Å²) in [6.45, 7) is 4.76. The van der Waals surface area contributed by atoms with E-state index in [-0.39, 0.29) is 17.7 Å². The van der Waals surface area contributed by atoms with E-state index in [4.69, 9.17) is 0 Å². The van der Waals surface area contributed by atoms with Gasteiger partial charge < -0.3 is 4.90 Å². The maximum absolute atomic E-state index is 13.8. The van der Waals surface area contributed by atoms with Crippen molar-refractivity contribution in [3.63, 3.8) is 0 Å². The first-order valence-corrected chi connectivity index (χ1v) is 11.8. The monoisotopic (exact) mass is 469 g/mol. The summed E-state index contributed by atoms with van der Waals surface area (Å²) in [6.07, 6.45) is 9.82. The molecule has 0 spiro atoms. The number of Topliss-reactive ketones (excluding diaryl/α,β-unsaturated/α-hetero) is 1. The van der Waals surface area contributed by atoms with Gasteiger partial charge in [0.2, 0.25) is 0 Å². The van der Waals surface area contributed by atoms with Gasteiger partial charge >= 0.3 is 0 Å². The molecule has 9 heteroatoms.